The van der Waals surface area contributed by atoms with Crippen molar-refractivity contribution in [1.82, 2.24) is 23.4 Å². The van der Waals surface area contributed by atoms with E-state index in [4.69, 9.17) is 0 Å². The van der Waals surface area contributed by atoms with Crippen molar-refractivity contribution < 1.29 is 14.4 Å². The minimum absolute atomic E-state index is 0.0254. The molecule has 8 nitrogen and oxygen atoms in total. The first kappa shape index (κ1) is 16.3. The number of imide groups is 1. The second-order valence-electron chi connectivity index (χ2n) is 5.85. The molecule has 0 N–H and O–H groups in total. The Bertz CT molecular complexity index is 820. The summed E-state index contributed by atoms with van der Waals surface area (Å²) in [7, 11) is 4.63. The van der Waals surface area contributed by atoms with Crippen molar-refractivity contribution >= 4 is 40.6 Å². The van der Waals surface area contributed by atoms with E-state index in [9.17, 15) is 14.4 Å². The Morgan fingerprint density at radius 2 is 1.96 bits per heavy atom. The molecule has 0 aliphatic carbocycles. The predicted octanol–water partition coefficient (Wildman–Crippen LogP) is 0.932. The van der Waals surface area contributed by atoms with Crippen molar-refractivity contribution in [3.63, 3.8) is 0 Å². The third-order valence-corrected chi connectivity index (χ3v) is 4.76. The number of likely N-dealkylation sites (N-methyl/N-ethyl adjacent to an activating group) is 2. The van der Waals surface area contributed by atoms with Gasteiger partial charge in [-0.1, -0.05) is 6.07 Å². The van der Waals surface area contributed by atoms with E-state index in [1.165, 1.54) is 19.0 Å². The largest absolute Gasteiger partial charge is 0.341 e. The monoisotopic (exact) mass is 347 g/mol. The third kappa shape index (κ3) is 2.82. The van der Waals surface area contributed by atoms with Crippen LogP contribution in [0.5, 0.6) is 0 Å². The van der Waals surface area contributed by atoms with Crippen LogP contribution in [0.25, 0.3) is 11.0 Å². The van der Waals surface area contributed by atoms with Gasteiger partial charge in [-0.05, 0) is 17.7 Å². The van der Waals surface area contributed by atoms with Crippen LogP contribution in [-0.4, -0.2) is 68.5 Å². The van der Waals surface area contributed by atoms with E-state index in [-0.39, 0.29) is 24.3 Å². The lowest BCUT2D eigenvalue weighted by Crippen LogP contribution is -2.38. The number of carbonyl (C=O) groups is 3. The molecule has 1 fully saturated rings. The molecular weight excluding hydrogens is 330 g/mol. The minimum atomic E-state index is -0.734. The van der Waals surface area contributed by atoms with E-state index < -0.39 is 6.04 Å². The predicted molar refractivity (Wildman–Crippen MR) is 88.2 cm³/mol. The first-order valence-corrected chi connectivity index (χ1v) is 8.11. The van der Waals surface area contributed by atoms with Crippen LogP contribution in [0, 0.1) is 0 Å². The van der Waals surface area contributed by atoms with Crippen LogP contribution >= 0.6 is 11.7 Å². The quantitative estimate of drug-likeness (QED) is 0.768. The summed E-state index contributed by atoms with van der Waals surface area (Å²) in [4.78, 5) is 40.1. The van der Waals surface area contributed by atoms with Gasteiger partial charge in [-0.25, -0.2) is 4.79 Å². The Kier molecular flexibility index (Phi) is 4.18. The topological polar surface area (TPSA) is 86.7 Å². The molecule has 126 valence electrons. The zero-order valence-electron chi connectivity index (χ0n) is 13.6. The lowest BCUT2D eigenvalue weighted by molar-refractivity contribution is -0.135. The Hall–Kier alpha value is -2.55. The molecule has 1 saturated heterocycles. The van der Waals surface area contributed by atoms with Gasteiger partial charge in [0.1, 0.15) is 17.1 Å². The molecule has 0 bridgehead atoms. The summed E-state index contributed by atoms with van der Waals surface area (Å²) < 4.78 is 8.33. The highest BCUT2D eigenvalue weighted by molar-refractivity contribution is 7.00. The van der Waals surface area contributed by atoms with Crippen LogP contribution in [-0.2, 0) is 16.1 Å². The molecule has 1 aromatic carbocycles. The SMILES string of the molecule is CN(Cc1ccc2nsnc2c1)C(=O)CC1C(=O)N(C)C(=O)N1C. The summed E-state index contributed by atoms with van der Waals surface area (Å²) >= 11 is 1.15. The smallest absolute Gasteiger partial charge is 0.326 e. The van der Waals surface area contributed by atoms with Crippen LogP contribution in [0.3, 0.4) is 0 Å². The number of hydrogen-bond donors (Lipinski definition) is 0. The van der Waals surface area contributed by atoms with E-state index >= 15 is 0 Å². The average Bonchev–Trinajstić information content (AvgIpc) is 3.10. The van der Waals surface area contributed by atoms with Crippen molar-refractivity contribution in [3.8, 4) is 0 Å². The van der Waals surface area contributed by atoms with E-state index in [0.717, 1.165) is 33.2 Å². The lowest BCUT2D eigenvalue weighted by Gasteiger charge is -2.21. The number of urea groups is 1. The van der Waals surface area contributed by atoms with E-state index in [1.54, 1.807) is 11.9 Å². The summed E-state index contributed by atoms with van der Waals surface area (Å²) in [6.45, 7) is 0.403. The summed E-state index contributed by atoms with van der Waals surface area (Å²) in [6, 6.07) is 4.54. The zero-order valence-corrected chi connectivity index (χ0v) is 14.4. The standard InChI is InChI=1S/C15H17N5O3S/c1-18(8-9-4-5-10-11(6-9)17-24-16-10)13(21)7-12-14(22)20(3)15(23)19(12)2/h4-6,12H,7-8H2,1-3H3. The van der Waals surface area contributed by atoms with Gasteiger partial charge in [0.2, 0.25) is 5.91 Å². The third-order valence-electron chi connectivity index (χ3n) is 4.20. The minimum Gasteiger partial charge on any atom is -0.341 e. The molecule has 1 unspecified atom stereocenters. The molecule has 0 radical (unpaired) electrons. The van der Waals surface area contributed by atoms with Gasteiger partial charge in [0.25, 0.3) is 5.91 Å². The highest BCUT2D eigenvalue weighted by Gasteiger charge is 2.42. The first-order chi connectivity index (χ1) is 11.4. The molecule has 3 rings (SSSR count). The number of hydrogen-bond acceptors (Lipinski definition) is 6. The van der Waals surface area contributed by atoms with Crippen LogP contribution in [0.4, 0.5) is 4.79 Å². The van der Waals surface area contributed by atoms with Crippen molar-refractivity contribution in [2.45, 2.75) is 19.0 Å². The molecule has 1 atom stereocenters. The van der Waals surface area contributed by atoms with Gasteiger partial charge < -0.3 is 9.80 Å². The second kappa shape index (κ2) is 6.16. The molecule has 4 amide bonds. The maximum atomic E-state index is 12.4. The lowest BCUT2D eigenvalue weighted by atomic mass is 10.1. The van der Waals surface area contributed by atoms with Gasteiger partial charge in [0.05, 0.1) is 18.1 Å². The van der Waals surface area contributed by atoms with Crippen LogP contribution in [0.15, 0.2) is 18.2 Å². The van der Waals surface area contributed by atoms with Gasteiger partial charge in [-0.2, -0.15) is 8.75 Å². The van der Waals surface area contributed by atoms with E-state index in [1.807, 2.05) is 18.2 Å². The molecule has 24 heavy (non-hydrogen) atoms. The van der Waals surface area contributed by atoms with Crippen LogP contribution < -0.4 is 0 Å². The number of amides is 4. The van der Waals surface area contributed by atoms with Crippen molar-refractivity contribution in [2.24, 2.45) is 0 Å². The van der Waals surface area contributed by atoms with Crippen LogP contribution in [0.1, 0.15) is 12.0 Å². The van der Waals surface area contributed by atoms with Gasteiger partial charge in [-0.3, -0.25) is 14.5 Å². The van der Waals surface area contributed by atoms with Crippen LogP contribution in [0.2, 0.25) is 0 Å². The molecule has 1 aromatic heterocycles. The molecule has 0 saturated carbocycles. The number of benzene rings is 1. The zero-order chi connectivity index (χ0) is 17.4. The molecule has 0 spiro atoms. The fourth-order valence-electron chi connectivity index (χ4n) is 2.69. The molecule has 2 aromatic rings. The molecule has 1 aliphatic rings. The van der Waals surface area contributed by atoms with Gasteiger partial charge in [0.15, 0.2) is 0 Å². The normalized spacial score (nSPS) is 17.9. The Morgan fingerprint density at radius 1 is 1.25 bits per heavy atom. The number of rotatable bonds is 4. The maximum Gasteiger partial charge on any atom is 0.326 e. The number of carbonyl (C=O) groups excluding carboxylic acids is 3. The summed E-state index contributed by atoms with van der Waals surface area (Å²) in [6.07, 6.45) is -0.0254. The maximum absolute atomic E-state index is 12.4. The van der Waals surface area contributed by atoms with Crippen molar-refractivity contribution in [3.05, 3.63) is 23.8 Å². The highest BCUT2D eigenvalue weighted by Crippen LogP contribution is 2.19. The molecular formula is C15H17N5O3S. The molecule has 9 heteroatoms. The Labute approximate surface area is 143 Å². The van der Waals surface area contributed by atoms with Crippen molar-refractivity contribution in [1.29, 1.82) is 0 Å². The number of aromatic nitrogens is 2. The van der Waals surface area contributed by atoms with Gasteiger partial charge in [0, 0.05) is 27.7 Å². The average molecular weight is 347 g/mol. The Morgan fingerprint density at radius 3 is 2.62 bits per heavy atom. The summed E-state index contributed by atoms with van der Waals surface area (Å²) in [5, 5.41) is 0. The summed E-state index contributed by atoms with van der Waals surface area (Å²) in [5.41, 5.74) is 2.57. The molecule has 2 heterocycles. The van der Waals surface area contributed by atoms with E-state index in [0.29, 0.717) is 6.54 Å². The number of nitrogens with zero attached hydrogens (tertiary/aromatic N) is 5. The first-order valence-electron chi connectivity index (χ1n) is 7.38. The second-order valence-corrected chi connectivity index (χ2v) is 6.38. The molecule has 1 aliphatic heterocycles. The Balaban J connectivity index is 1.66. The van der Waals surface area contributed by atoms with Gasteiger partial charge in [-0.15, -0.1) is 0 Å². The van der Waals surface area contributed by atoms with Gasteiger partial charge >= 0.3 is 6.03 Å². The van der Waals surface area contributed by atoms with Crippen molar-refractivity contribution in [2.75, 3.05) is 21.1 Å². The van der Waals surface area contributed by atoms with E-state index in [2.05, 4.69) is 8.75 Å². The summed E-state index contributed by atoms with van der Waals surface area (Å²) in [5.74, 6) is -0.543. The fourth-order valence-corrected chi connectivity index (χ4v) is 3.20. The number of fused-ring (bicyclic) bond motifs is 1. The highest BCUT2D eigenvalue weighted by atomic mass is 32.1. The fraction of sp³-hybridized carbons (Fsp3) is 0.400.